The van der Waals surface area contributed by atoms with Crippen molar-refractivity contribution in [3.63, 3.8) is 0 Å². The molecule has 0 spiro atoms. The third kappa shape index (κ3) is 2.82. The third-order valence-corrected chi connectivity index (χ3v) is 3.45. The van der Waals surface area contributed by atoms with E-state index in [2.05, 4.69) is 12.2 Å². The number of benzene rings is 2. The van der Waals surface area contributed by atoms with Crippen LogP contribution in [-0.4, -0.2) is 11.0 Å². The van der Waals surface area contributed by atoms with Gasteiger partial charge in [0.1, 0.15) is 5.75 Å². The predicted octanol–water partition coefficient (Wildman–Crippen LogP) is 3.82. The molecule has 0 saturated heterocycles. The SMILES string of the molecule is CCc1cccc(C)c1NC(=O)c1ccc(C)c(O)c1. The van der Waals surface area contributed by atoms with E-state index in [4.69, 9.17) is 0 Å². The number of phenolic OH excluding ortho intramolecular Hbond substituents is 1. The highest BCUT2D eigenvalue weighted by molar-refractivity contribution is 6.05. The van der Waals surface area contributed by atoms with E-state index >= 15 is 0 Å². The Bertz CT molecular complexity index is 647. The summed E-state index contributed by atoms with van der Waals surface area (Å²) in [5, 5.41) is 12.6. The highest BCUT2D eigenvalue weighted by Crippen LogP contribution is 2.23. The highest BCUT2D eigenvalue weighted by atomic mass is 16.3. The van der Waals surface area contributed by atoms with E-state index in [9.17, 15) is 9.90 Å². The van der Waals surface area contributed by atoms with Crippen molar-refractivity contribution in [3.05, 3.63) is 58.7 Å². The van der Waals surface area contributed by atoms with Crippen LogP contribution in [0.5, 0.6) is 5.75 Å². The van der Waals surface area contributed by atoms with E-state index in [-0.39, 0.29) is 11.7 Å². The van der Waals surface area contributed by atoms with Gasteiger partial charge in [-0.2, -0.15) is 0 Å². The van der Waals surface area contributed by atoms with Crippen LogP contribution in [0.3, 0.4) is 0 Å². The summed E-state index contributed by atoms with van der Waals surface area (Å²) in [6.45, 7) is 5.83. The molecule has 0 atom stereocenters. The molecular formula is C17H19NO2. The second-order valence-electron chi connectivity index (χ2n) is 4.92. The Morgan fingerprint density at radius 2 is 1.90 bits per heavy atom. The van der Waals surface area contributed by atoms with Gasteiger partial charge in [0.15, 0.2) is 0 Å². The summed E-state index contributed by atoms with van der Waals surface area (Å²) in [5.74, 6) is -0.0672. The lowest BCUT2D eigenvalue weighted by molar-refractivity contribution is 0.102. The van der Waals surface area contributed by atoms with E-state index in [1.54, 1.807) is 19.1 Å². The van der Waals surface area contributed by atoms with Gasteiger partial charge in [0.05, 0.1) is 0 Å². The molecule has 20 heavy (non-hydrogen) atoms. The van der Waals surface area contributed by atoms with Gasteiger partial charge in [-0.1, -0.05) is 31.2 Å². The van der Waals surface area contributed by atoms with Crippen molar-refractivity contribution >= 4 is 11.6 Å². The van der Waals surface area contributed by atoms with Crippen LogP contribution < -0.4 is 5.32 Å². The summed E-state index contributed by atoms with van der Waals surface area (Å²) in [5.41, 5.74) is 4.22. The largest absolute Gasteiger partial charge is 0.508 e. The van der Waals surface area contributed by atoms with Crippen molar-refractivity contribution < 1.29 is 9.90 Å². The summed E-state index contributed by atoms with van der Waals surface area (Å²) in [6, 6.07) is 10.9. The van der Waals surface area contributed by atoms with Crippen molar-refractivity contribution in [1.82, 2.24) is 0 Å². The predicted molar refractivity (Wildman–Crippen MR) is 81.4 cm³/mol. The lowest BCUT2D eigenvalue weighted by Gasteiger charge is -2.13. The van der Waals surface area contributed by atoms with Crippen molar-refractivity contribution in [1.29, 1.82) is 0 Å². The molecule has 0 bridgehead atoms. The minimum absolute atomic E-state index is 0.137. The number of phenols is 1. The number of hydrogen-bond acceptors (Lipinski definition) is 2. The number of hydrogen-bond donors (Lipinski definition) is 2. The number of aryl methyl sites for hydroxylation is 3. The first-order chi connectivity index (χ1) is 9.52. The van der Waals surface area contributed by atoms with E-state index < -0.39 is 0 Å². The van der Waals surface area contributed by atoms with Gasteiger partial charge in [-0.25, -0.2) is 0 Å². The fourth-order valence-corrected chi connectivity index (χ4v) is 2.14. The molecule has 2 aromatic carbocycles. The van der Waals surface area contributed by atoms with Crippen LogP contribution in [-0.2, 0) is 6.42 Å². The summed E-state index contributed by atoms with van der Waals surface area (Å²) >= 11 is 0. The van der Waals surface area contributed by atoms with Gasteiger partial charge in [0.2, 0.25) is 0 Å². The van der Waals surface area contributed by atoms with Gasteiger partial charge >= 0.3 is 0 Å². The summed E-state index contributed by atoms with van der Waals surface area (Å²) in [4.78, 5) is 12.3. The zero-order chi connectivity index (χ0) is 14.7. The van der Waals surface area contributed by atoms with Crippen LogP contribution in [0, 0.1) is 13.8 Å². The number of amides is 1. The number of carbonyl (C=O) groups is 1. The molecular weight excluding hydrogens is 250 g/mol. The zero-order valence-electron chi connectivity index (χ0n) is 12.0. The number of rotatable bonds is 3. The maximum Gasteiger partial charge on any atom is 0.255 e. The Labute approximate surface area is 119 Å². The lowest BCUT2D eigenvalue weighted by atomic mass is 10.0. The lowest BCUT2D eigenvalue weighted by Crippen LogP contribution is -2.14. The number of aromatic hydroxyl groups is 1. The van der Waals surface area contributed by atoms with Crippen molar-refractivity contribution in [3.8, 4) is 5.75 Å². The molecule has 0 aromatic heterocycles. The Balaban J connectivity index is 2.30. The van der Waals surface area contributed by atoms with Gasteiger partial charge in [-0.05, 0) is 49.1 Å². The Morgan fingerprint density at radius 1 is 1.15 bits per heavy atom. The van der Waals surface area contributed by atoms with Gasteiger partial charge in [0, 0.05) is 11.3 Å². The van der Waals surface area contributed by atoms with E-state index in [1.807, 2.05) is 25.1 Å². The smallest absolute Gasteiger partial charge is 0.255 e. The fourth-order valence-electron chi connectivity index (χ4n) is 2.14. The molecule has 0 unspecified atom stereocenters. The first-order valence-electron chi connectivity index (χ1n) is 6.72. The van der Waals surface area contributed by atoms with Crippen molar-refractivity contribution in [2.45, 2.75) is 27.2 Å². The van der Waals surface area contributed by atoms with Crippen LogP contribution in [0.1, 0.15) is 34.0 Å². The first kappa shape index (κ1) is 14.1. The fraction of sp³-hybridized carbons (Fsp3) is 0.235. The molecule has 0 aliphatic heterocycles. The molecule has 0 aliphatic rings. The summed E-state index contributed by atoms with van der Waals surface area (Å²) in [6.07, 6.45) is 0.858. The molecule has 2 aromatic rings. The molecule has 104 valence electrons. The quantitative estimate of drug-likeness (QED) is 0.889. The first-order valence-corrected chi connectivity index (χ1v) is 6.72. The van der Waals surface area contributed by atoms with Gasteiger partial charge in [-0.15, -0.1) is 0 Å². The van der Waals surface area contributed by atoms with E-state index in [0.717, 1.165) is 28.8 Å². The van der Waals surface area contributed by atoms with Crippen molar-refractivity contribution in [2.24, 2.45) is 0 Å². The van der Waals surface area contributed by atoms with Crippen LogP contribution in [0.4, 0.5) is 5.69 Å². The Morgan fingerprint density at radius 3 is 2.55 bits per heavy atom. The average molecular weight is 269 g/mol. The van der Waals surface area contributed by atoms with Crippen LogP contribution in [0.25, 0.3) is 0 Å². The Kier molecular flexibility index (Phi) is 4.08. The number of carbonyl (C=O) groups excluding carboxylic acids is 1. The number of nitrogens with one attached hydrogen (secondary N) is 1. The van der Waals surface area contributed by atoms with Gasteiger partial charge in [-0.3, -0.25) is 4.79 Å². The summed E-state index contributed by atoms with van der Waals surface area (Å²) < 4.78 is 0. The normalized spacial score (nSPS) is 10.3. The molecule has 0 radical (unpaired) electrons. The maximum atomic E-state index is 12.3. The monoisotopic (exact) mass is 269 g/mol. The number of anilines is 1. The van der Waals surface area contributed by atoms with Crippen LogP contribution in [0.2, 0.25) is 0 Å². The second-order valence-corrected chi connectivity index (χ2v) is 4.92. The van der Waals surface area contributed by atoms with Gasteiger partial charge < -0.3 is 10.4 Å². The Hall–Kier alpha value is -2.29. The molecule has 0 aliphatic carbocycles. The molecule has 2 rings (SSSR count). The zero-order valence-corrected chi connectivity index (χ0v) is 12.0. The van der Waals surface area contributed by atoms with Crippen LogP contribution >= 0.6 is 0 Å². The molecule has 3 nitrogen and oxygen atoms in total. The summed E-state index contributed by atoms with van der Waals surface area (Å²) in [7, 11) is 0. The topological polar surface area (TPSA) is 49.3 Å². The molecule has 0 fully saturated rings. The minimum atomic E-state index is -0.204. The highest BCUT2D eigenvalue weighted by Gasteiger charge is 2.11. The van der Waals surface area contributed by atoms with E-state index in [0.29, 0.717) is 5.56 Å². The standard InChI is InChI=1S/C17H19NO2/c1-4-13-7-5-6-12(3)16(13)18-17(20)14-9-8-11(2)15(19)10-14/h5-10,19H,4H2,1-3H3,(H,18,20). The third-order valence-electron chi connectivity index (χ3n) is 3.45. The minimum Gasteiger partial charge on any atom is -0.508 e. The van der Waals surface area contributed by atoms with Gasteiger partial charge in [0.25, 0.3) is 5.91 Å². The molecule has 1 amide bonds. The molecule has 0 heterocycles. The number of para-hydroxylation sites is 1. The average Bonchev–Trinajstić information content (AvgIpc) is 2.44. The molecule has 0 saturated carbocycles. The maximum absolute atomic E-state index is 12.3. The van der Waals surface area contributed by atoms with Crippen molar-refractivity contribution in [2.75, 3.05) is 5.32 Å². The second kappa shape index (κ2) is 5.78. The molecule has 2 N–H and O–H groups in total. The molecule has 3 heteroatoms. The van der Waals surface area contributed by atoms with E-state index in [1.165, 1.54) is 6.07 Å². The van der Waals surface area contributed by atoms with Crippen LogP contribution in [0.15, 0.2) is 36.4 Å².